The minimum Gasteiger partial charge on any atom is -0.398 e. The fourth-order valence-corrected chi connectivity index (χ4v) is 1.61. The molecule has 0 bridgehead atoms. The van der Waals surface area contributed by atoms with Gasteiger partial charge >= 0.3 is 0 Å². The van der Waals surface area contributed by atoms with Gasteiger partial charge < -0.3 is 5.73 Å². The summed E-state index contributed by atoms with van der Waals surface area (Å²) in [5, 5.41) is 9.35. The summed E-state index contributed by atoms with van der Waals surface area (Å²) in [6.07, 6.45) is 0. The van der Waals surface area contributed by atoms with E-state index in [2.05, 4.69) is 6.07 Å². The summed E-state index contributed by atoms with van der Waals surface area (Å²) in [7, 11) is 0. The maximum Gasteiger partial charge on any atom is 0.0991 e. The first kappa shape index (κ1) is 10.5. The molecule has 0 amide bonds. The van der Waals surface area contributed by atoms with Gasteiger partial charge in [-0.15, -0.1) is 0 Å². The summed E-state index contributed by atoms with van der Waals surface area (Å²) in [4.78, 5) is 0. The first-order chi connectivity index (χ1) is 7.70. The van der Waals surface area contributed by atoms with Crippen molar-refractivity contribution in [2.45, 2.75) is 0 Å². The van der Waals surface area contributed by atoms with Crippen molar-refractivity contribution in [2.24, 2.45) is 0 Å². The zero-order valence-corrected chi connectivity index (χ0v) is 9.20. The van der Waals surface area contributed by atoms with Crippen LogP contribution >= 0.6 is 11.6 Å². The van der Waals surface area contributed by atoms with E-state index in [1.807, 2.05) is 24.3 Å². The van der Waals surface area contributed by atoms with Crippen LogP contribution in [0.15, 0.2) is 42.5 Å². The van der Waals surface area contributed by atoms with Crippen LogP contribution in [0.25, 0.3) is 11.1 Å². The number of anilines is 1. The molecule has 2 aromatic rings. The number of nitrogens with zero attached hydrogens (tertiary/aromatic N) is 1. The molecule has 0 saturated carbocycles. The average Bonchev–Trinajstić information content (AvgIpc) is 2.33. The highest BCUT2D eigenvalue weighted by atomic mass is 35.5. The third kappa shape index (κ3) is 2.00. The van der Waals surface area contributed by atoms with Gasteiger partial charge in [0.05, 0.1) is 22.3 Å². The van der Waals surface area contributed by atoms with Gasteiger partial charge in [0.1, 0.15) is 0 Å². The lowest BCUT2D eigenvalue weighted by atomic mass is 10.0. The molecule has 78 valence electrons. The molecule has 2 aromatic carbocycles. The Labute approximate surface area is 98.9 Å². The lowest BCUT2D eigenvalue weighted by Crippen LogP contribution is -1.87. The lowest BCUT2D eigenvalue weighted by molar-refractivity contribution is 1.48. The Hall–Kier alpha value is -1.98. The van der Waals surface area contributed by atoms with Crippen LogP contribution in [-0.4, -0.2) is 0 Å². The van der Waals surface area contributed by atoms with E-state index in [0.29, 0.717) is 16.3 Å². The summed E-state index contributed by atoms with van der Waals surface area (Å²) < 4.78 is 0. The summed E-state index contributed by atoms with van der Waals surface area (Å²) in [6, 6.07) is 14.9. The number of halogens is 1. The van der Waals surface area contributed by atoms with Crippen LogP contribution in [0.5, 0.6) is 0 Å². The SMILES string of the molecule is N#Cc1cccc(-c2ccc(Cl)c(N)c2)c1. The summed E-state index contributed by atoms with van der Waals surface area (Å²) in [5.41, 5.74) is 8.82. The lowest BCUT2D eigenvalue weighted by Gasteiger charge is -2.04. The van der Waals surface area contributed by atoms with E-state index in [0.717, 1.165) is 11.1 Å². The molecule has 0 spiro atoms. The van der Waals surface area contributed by atoms with E-state index in [9.17, 15) is 0 Å². The van der Waals surface area contributed by atoms with Gasteiger partial charge in [-0.2, -0.15) is 5.26 Å². The predicted molar refractivity (Wildman–Crippen MR) is 66.0 cm³/mol. The number of hydrogen-bond acceptors (Lipinski definition) is 2. The largest absolute Gasteiger partial charge is 0.398 e. The minimum atomic E-state index is 0.542. The fourth-order valence-electron chi connectivity index (χ4n) is 1.49. The van der Waals surface area contributed by atoms with E-state index in [1.165, 1.54) is 0 Å². The molecule has 3 heteroatoms. The number of nitrogen functional groups attached to an aromatic ring is 1. The number of nitrogens with two attached hydrogens (primary N) is 1. The van der Waals surface area contributed by atoms with Gasteiger partial charge in [0.25, 0.3) is 0 Å². The molecule has 0 saturated heterocycles. The molecule has 0 aromatic heterocycles. The van der Waals surface area contributed by atoms with Crippen LogP contribution in [0.1, 0.15) is 5.56 Å². The fraction of sp³-hybridized carbons (Fsp3) is 0. The van der Waals surface area contributed by atoms with Gasteiger partial charge in [0, 0.05) is 0 Å². The van der Waals surface area contributed by atoms with Gasteiger partial charge in [0.2, 0.25) is 0 Å². The van der Waals surface area contributed by atoms with E-state index < -0.39 is 0 Å². The maximum atomic E-state index is 8.81. The van der Waals surface area contributed by atoms with E-state index in [-0.39, 0.29) is 0 Å². The molecule has 0 unspecified atom stereocenters. The third-order valence-electron chi connectivity index (χ3n) is 2.32. The highest BCUT2D eigenvalue weighted by Gasteiger charge is 2.01. The first-order valence-electron chi connectivity index (χ1n) is 4.76. The molecular formula is C13H9ClN2. The van der Waals surface area contributed by atoms with Crippen LogP contribution in [0, 0.1) is 11.3 Å². The van der Waals surface area contributed by atoms with Gasteiger partial charge in [-0.1, -0.05) is 29.8 Å². The molecule has 2 rings (SSSR count). The Morgan fingerprint density at radius 2 is 1.81 bits per heavy atom. The van der Waals surface area contributed by atoms with Crippen molar-refractivity contribution in [3.8, 4) is 17.2 Å². The normalized spacial score (nSPS) is 9.75. The Morgan fingerprint density at radius 1 is 1.06 bits per heavy atom. The average molecular weight is 229 g/mol. The van der Waals surface area contributed by atoms with Crippen molar-refractivity contribution in [3.05, 3.63) is 53.1 Å². The highest BCUT2D eigenvalue weighted by Crippen LogP contribution is 2.27. The molecule has 0 aliphatic carbocycles. The van der Waals surface area contributed by atoms with E-state index in [4.69, 9.17) is 22.6 Å². The van der Waals surface area contributed by atoms with Crippen LogP contribution in [0.4, 0.5) is 5.69 Å². The molecule has 0 radical (unpaired) electrons. The molecule has 16 heavy (non-hydrogen) atoms. The third-order valence-corrected chi connectivity index (χ3v) is 2.67. The summed E-state index contributed by atoms with van der Waals surface area (Å²) >= 11 is 5.85. The number of nitriles is 1. The second-order valence-electron chi connectivity index (χ2n) is 3.43. The van der Waals surface area contributed by atoms with Crippen molar-refractivity contribution in [1.82, 2.24) is 0 Å². The maximum absolute atomic E-state index is 8.81. The molecule has 0 aliphatic rings. The van der Waals surface area contributed by atoms with Gasteiger partial charge in [-0.25, -0.2) is 0 Å². The molecular weight excluding hydrogens is 220 g/mol. The second-order valence-corrected chi connectivity index (χ2v) is 3.84. The van der Waals surface area contributed by atoms with Crippen LogP contribution in [-0.2, 0) is 0 Å². The monoisotopic (exact) mass is 228 g/mol. The van der Waals surface area contributed by atoms with Crippen molar-refractivity contribution in [3.63, 3.8) is 0 Å². The van der Waals surface area contributed by atoms with Crippen molar-refractivity contribution in [1.29, 1.82) is 5.26 Å². The quantitative estimate of drug-likeness (QED) is 0.760. The van der Waals surface area contributed by atoms with Crippen molar-refractivity contribution >= 4 is 17.3 Å². The highest BCUT2D eigenvalue weighted by molar-refractivity contribution is 6.33. The van der Waals surface area contributed by atoms with E-state index in [1.54, 1.807) is 18.2 Å². The molecule has 2 N–H and O–H groups in total. The standard InChI is InChI=1S/C13H9ClN2/c14-12-5-4-11(7-13(12)16)10-3-1-2-9(6-10)8-15/h1-7H,16H2. The number of benzene rings is 2. The van der Waals surface area contributed by atoms with Crippen molar-refractivity contribution in [2.75, 3.05) is 5.73 Å². The summed E-state index contributed by atoms with van der Waals surface area (Å²) in [6.45, 7) is 0. The van der Waals surface area contributed by atoms with E-state index >= 15 is 0 Å². The smallest absolute Gasteiger partial charge is 0.0991 e. The Bertz CT molecular complexity index is 570. The molecule has 0 heterocycles. The Balaban J connectivity index is 2.51. The number of hydrogen-bond donors (Lipinski definition) is 1. The Kier molecular flexibility index (Phi) is 2.80. The van der Waals surface area contributed by atoms with Gasteiger partial charge in [0.15, 0.2) is 0 Å². The van der Waals surface area contributed by atoms with Crippen LogP contribution < -0.4 is 5.73 Å². The first-order valence-corrected chi connectivity index (χ1v) is 5.14. The van der Waals surface area contributed by atoms with Gasteiger partial charge in [-0.05, 0) is 35.4 Å². The second kappa shape index (κ2) is 4.26. The predicted octanol–water partition coefficient (Wildman–Crippen LogP) is 3.46. The topological polar surface area (TPSA) is 49.8 Å². The zero-order valence-electron chi connectivity index (χ0n) is 8.44. The molecule has 0 atom stereocenters. The molecule has 0 aliphatic heterocycles. The summed E-state index contributed by atoms with van der Waals surface area (Å²) in [5.74, 6) is 0. The van der Waals surface area contributed by atoms with Crippen molar-refractivity contribution < 1.29 is 0 Å². The molecule has 0 fully saturated rings. The number of rotatable bonds is 1. The van der Waals surface area contributed by atoms with Crippen LogP contribution in [0.3, 0.4) is 0 Å². The minimum absolute atomic E-state index is 0.542. The van der Waals surface area contributed by atoms with Crippen LogP contribution in [0.2, 0.25) is 5.02 Å². The molecule has 2 nitrogen and oxygen atoms in total. The van der Waals surface area contributed by atoms with Gasteiger partial charge in [-0.3, -0.25) is 0 Å². The Morgan fingerprint density at radius 3 is 2.50 bits per heavy atom. The zero-order chi connectivity index (χ0) is 11.5.